The smallest absolute Gasteiger partial charge is 0.254 e. The number of fused-ring (bicyclic) bond motifs is 1. The van der Waals surface area contributed by atoms with Gasteiger partial charge >= 0.3 is 0 Å². The summed E-state index contributed by atoms with van der Waals surface area (Å²) in [6, 6.07) is 10.0. The minimum absolute atomic E-state index is 0.155. The second-order valence-electron chi connectivity index (χ2n) is 5.87. The number of nitrogens with zero attached hydrogens (tertiary/aromatic N) is 3. The average molecular weight is 338 g/mol. The third-order valence-corrected chi connectivity index (χ3v) is 4.04. The summed E-state index contributed by atoms with van der Waals surface area (Å²) in [7, 11) is 1.61. The molecule has 0 radical (unpaired) electrons. The predicted molar refractivity (Wildman–Crippen MR) is 96.5 cm³/mol. The molecule has 0 spiro atoms. The molecule has 0 unspecified atom stereocenters. The third-order valence-electron chi connectivity index (χ3n) is 4.04. The van der Waals surface area contributed by atoms with Gasteiger partial charge in [0.1, 0.15) is 0 Å². The highest BCUT2D eigenvalue weighted by Crippen LogP contribution is 2.28. The highest BCUT2D eigenvalue weighted by Gasteiger charge is 2.20. The van der Waals surface area contributed by atoms with Gasteiger partial charge in [0, 0.05) is 25.4 Å². The van der Waals surface area contributed by atoms with Crippen LogP contribution in [-0.2, 0) is 11.3 Å². The number of amides is 1. The second kappa shape index (κ2) is 7.44. The summed E-state index contributed by atoms with van der Waals surface area (Å²) in [6.07, 6.45) is 2.49. The molecule has 1 N–H and O–H groups in total. The summed E-state index contributed by atoms with van der Waals surface area (Å²) >= 11 is 0. The zero-order valence-electron chi connectivity index (χ0n) is 14.7. The maximum absolute atomic E-state index is 12.5. The maximum Gasteiger partial charge on any atom is 0.254 e. The molecule has 25 heavy (non-hydrogen) atoms. The molecular weight excluding hydrogens is 316 g/mol. The van der Waals surface area contributed by atoms with Crippen molar-refractivity contribution in [1.82, 2.24) is 19.9 Å². The molecule has 0 aliphatic carbocycles. The molecule has 1 amide bonds. The van der Waals surface area contributed by atoms with Gasteiger partial charge in [-0.3, -0.25) is 4.79 Å². The van der Waals surface area contributed by atoms with Crippen molar-refractivity contribution in [2.24, 2.45) is 0 Å². The SMILES string of the molecule is CCCNC(=O)c1cnc2c(-c3ccccc3)c(C)nn2c1COC. The highest BCUT2D eigenvalue weighted by atomic mass is 16.5. The van der Waals surface area contributed by atoms with Crippen molar-refractivity contribution in [2.75, 3.05) is 13.7 Å². The van der Waals surface area contributed by atoms with Gasteiger partial charge in [-0.05, 0) is 18.9 Å². The van der Waals surface area contributed by atoms with Crippen LogP contribution in [0, 0.1) is 6.92 Å². The van der Waals surface area contributed by atoms with Gasteiger partial charge in [-0.1, -0.05) is 37.3 Å². The summed E-state index contributed by atoms with van der Waals surface area (Å²) in [5.74, 6) is -0.155. The van der Waals surface area contributed by atoms with Crippen LogP contribution in [0.15, 0.2) is 36.5 Å². The maximum atomic E-state index is 12.5. The van der Waals surface area contributed by atoms with E-state index in [9.17, 15) is 4.79 Å². The average Bonchev–Trinajstić information content (AvgIpc) is 2.97. The van der Waals surface area contributed by atoms with Crippen LogP contribution in [-0.4, -0.2) is 34.2 Å². The van der Waals surface area contributed by atoms with E-state index in [4.69, 9.17) is 4.74 Å². The molecule has 0 saturated carbocycles. The Hall–Kier alpha value is -2.73. The molecule has 0 aliphatic heterocycles. The van der Waals surface area contributed by atoms with Gasteiger partial charge in [0.05, 0.1) is 23.6 Å². The van der Waals surface area contributed by atoms with E-state index in [1.54, 1.807) is 17.8 Å². The number of aryl methyl sites for hydroxylation is 1. The lowest BCUT2D eigenvalue weighted by molar-refractivity contribution is 0.0946. The molecule has 2 heterocycles. The fourth-order valence-corrected chi connectivity index (χ4v) is 2.88. The van der Waals surface area contributed by atoms with Gasteiger partial charge in [-0.2, -0.15) is 5.10 Å². The van der Waals surface area contributed by atoms with E-state index < -0.39 is 0 Å². The Kier molecular flexibility index (Phi) is 5.09. The fourth-order valence-electron chi connectivity index (χ4n) is 2.88. The van der Waals surface area contributed by atoms with Crippen LogP contribution in [0.2, 0.25) is 0 Å². The van der Waals surface area contributed by atoms with Crippen LogP contribution in [0.1, 0.15) is 35.1 Å². The Balaban J connectivity index is 2.17. The van der Waals surface area contributed by atoms with E-state index in [0.717, 1.165) is 28.9 Å². The molecule has 0 bridgehead atoms. The number of nitrogens with one attached hydrogen (secondary N) is 1. The van der Waals surface area contributed by atoms with Gasteiger partial charge < -0.3 is 10.1 Å². The van der Waals surface area contributed by atoms with Gasteiger partial charge in [0.2, 0.25) is 0 Å². The van der Waals surface area contributed by atoms with E-state index in [1.165, 1.54) is 0 Å². The Morgan fingerprint density at radius 2 is 2.04 bits per heavy atom. The quantitative estimate of drug-likeness (QED) is 0.750. The van der Waals surface area contributed by atoms with Crippen LogP contribution in [0.5, 0.6) is 0 Å². The van der Waals surface area contributed by atoms with Crippen LogP contribution in [0.25, 0.3) is 16.8 Å². The molecule has 3 rings (SSSR count). The molecule has 2 aromatic heterocycles. The minimum atomic E-state index is -0.155. The molecule has 0 atom stereocenters. The van der Waals surface area contributed by atoms with Crippen molar-refractivity contribution in [3.8, 4) is 11.1 Å². The summed E-state index contributed by atoms with van der Waals surface area (Å²) in [5.41, 5.74) is 4.80. The van der Waals surface area contributed by atoms with E-state index in [-0.39, 0.29) is 12.5 Å². The summed E-state index contributed by atoms with van der Waals surface area (Å²) in [6.45, 7) is 4.87. The number of carbonyl (C=O) groups excluding carboxylic acids is 1. The molecule has 3 aromatic rings. The zero-order valence-corrected chi connectivity index (χ0v) is 14.7. The van der Waals surface area contributed by atoms with Gasteiger partial charge in [0.25, 0.3) is 5.91 Å². The van der Waals surface area contributed by atoms with E-state index >= 15 is 0 Å². The number of benzene rings is 1. The predicted octanol–water partition coefficient (Wildman–Crippen LogP) is 2.99. The Morgan fingerprint density at radius 3 is 2.72 bits per heavy atom. The fraction of sp³-hybridized carbons (Fsp3) is 0.316. The Bertz CT molecular complexity index is 887. The van der Waals surface area contributed by atoms with E-state index in [2.05, 4.69) is 15.4 Å². The van der Waals surface area contributed by atoms with Crippen LogP contribution in [0.3, 0.4) is 0 Å². The van der Waals surface area contributed by atoms with Crippen molar-refractivity contribution < 1.29 is 9.53 Å². The van der Waals surface area contributed by atoms with Gasteiger partial charge in [-0.15, -0.1) is 0 Å². The number of methoxy groups -OCH3 is 1. The van der Waals surface area contributed by atoms with Gasteiger partial charge in [-0.25, -0.2) is 9.50 Å². The van der Waals surface area contributed by atoms with Gasteiger partial charge in [0.15, 0.2) is 5.65 Å². The number of rotatable bonds is 6. The molecule has 6 nitrogen and oxygen atoms in total. The first-order valence-corrected chi connectivity index (χ1v) is 8.37. The number of ether oxygens (including phenoxy) is 1. The number of hydrogen-bond donors (Lipinski definition) is 1. The normalized spacial score (nSPS) is 11.0. The highest BCUT2D eigenvalue weighted by molar-refractivity contribution is 5.95. The monoisotopic (exact) mass is 338 g/mol. The molecule has 1 aromatic carbocycles. The topological polar surface area (TPSA) is 68.5 Å². The van der Waals surface area contributed by atoms with Crippen molar-refractivity contribution in [2.45, 2.75) is 26.9 Å². The Labute approximate surface area is 146 Å². The van der Waals surface area contributed by atoms with Crippen LogP contribution < -0.4 is 5.32 Å². The number of carbonyl (C=O) groups is 1. The van der Waals surface area contributed by atoms with Crippen LogP contribution in [0.4, 0.5) is 0 Å². The summed E-state index contributed by atoms with van der Waals surface area (Å²) < 4.78 is 7.04. The van der Waals surface area contributed by atoms with Crippen molar-refractivity contribution in [1.29, 1.82) is 0 Å². The lowest BCUT2D eigenvalue weighted by Crippen LogP contribution is -2.26. The van der Waals surface area contributed by atoms with E-state index in [0.29, 0.717) is 17.8 Å². The molecule has 0 fully saturated rings. The van der Waals surface area contributed by atoms with Crippen molar-refractivity contribution >= 4 is 11.6 Å². The van der Waals surface area contributed by atoms with Crippen molar-refractivity contribution in [3.63, 3.8) is 0 Å². The minimum Gasteiger partial charge on any atom is -0.378 e. The number of hydrogen-bond acceptors (Lipinski definition) is 4. The Morgan fingerprint density at radius 1 is 1.28 bits per heavy atom. The molecule has 0 saturated heterocycles. The third kappa shape index (κ3) is 3.25. The first kappa shape index (κ1) is 17.1. The molecular formula is C19H22N4O2. The molecule has 0 aliphatic rings. The van der Waals surface area contributed by atoms with Crippen molar-refractivity contribution in [3.05, 3.63) is 53.5 Å². The largest absolute Gasteiger partial charge is 0.378 e. The first-order valence-electron chi connectivity index (χ1n) is 8.37. The van der Waals surface area contributed by atoms with E-state index in [1.807, 2.05) is 44.2 Å². The summed E-state index contributed by atoms with van der Waals surface area (Å²) in [5, 5.41) is 7.52. The second-order valence-corrected chi connectivity index (χ2v) is 5.87. The standard InChI is InChI=1S/C19H22N4O2/c1-4-10-20-19(24)15-11-21-18-17(14-8-6-5-7-9-14)13(2)22-23(18)16(15)12-25-3/h5-9,11H,4,10,12H2,1-3H3,(H,20,24). The molecule has 6 heteroatoms. The summed E-state index contributed by atoms with van der Waals surface area (Å²) in [4.78, 5) is 17.0. The zero-order chi connectivity index (χ0) is 17.8. The first-order chi connectivity index (χ1) is 12.2. The molecule has 130 valence electrons. The van der Waals surface area contributed by atoms with Crippen LogP contribution >= 0.6 is 0 Å². The number of aromatic nitrogens is 3. The lowest BCUT2D eigenvalue weighted by atomic mass is 10.1. The lowest BCUT2D eigenvalue weighted by Gasteiger charge is -2.11.